The number of nitrogens with zero attached hydrogens (tertiary/aromatic N) is 2. The van der Waals surface area contributed by atoms with Crippen LogP contribution in [-0.4, -0.2) is 16.2 Å². The van der Waals surface area contributed by atoms with Gasteiger partial charge in [-0.25, -0.2) is 4.99 Å². The lowest BCUT2D eigenvalue weighted by Crippen LogP contribution is -2.19. The number of amidine groups is 1. The van der Waals surface area contributed by atoms with E-state index in [0.717, 1.165) is 5.76 Å². The molecule has 1 aliphatic rings. The van der Waals surface area contributed by atoms with Crippen molar-refractivity contribution in [2.45, 2.75) is 26.2 Å². The molecular weight excluding hydrogens is 302 g/mol. The summed E-state index contributed by atoms with van der Waals surface area (Å²) >= 11 is 1.24. The van der Waals surface area contributed by atoms with Crippen LogP contribution in [0.15, 0.2) is 43.3 Å². The number of hydrogen-bond donors (Lipinski definition) is 1. The summed E-state index contributed by atoms with van der Waals surface area (Å²) in [5.41, 5.74) is -0.137. The fourth-order valence-electron chi connectivity index (χ4n) is 1.76. The third-order valence-corrected chi connectivity index (χ3v) is 3.83. The van der Waals surface area contributed by atoms with E-state index in [1.165, 1.54) is 11.8 Å². The summed E-state index contributed by atoms with van der Waals surface area (Å²) in [6, 6.07) is 5.32. The Balaban J connectivity index is 1.79. The van der Waals surface area contributed by atoms with Gasteiger partial charge in [0.15, 0.2) is 11.0 Å². The molecular formula is C15H15N3O3S. The average molecular weight is 317 g/mol. The third-order valence-electron chi connectivity index (χ3n) is 2.92. The lowest BCUT2D eigenvalue weighted by atomic mass is 9.93. The first kappa shape index (κ1) is 14.6. The maximum absolute atomic E-state index is 11.9. The SMILES string of the molecule is CC(C)(C)c1cc(N=C2NC(=O)/C(=C\c3ccco3)S2)no1. The van der Waals surface area contributed by atoms with Gasteiger partial charge in [0, 0.05) is 17.6 Å². The number of rotatable bonds is 2. The fraction of sp³-hybridized carbons (Fsp3) is 0.267. The lowest BCUT2D eigenvalue weighted by molar-refractivity contribution is -0.115. The monoisotopic (exact) mass is 317 g/mol. The Bertz CT molecular complexity index is 751. The number of carbonyl (C=O) groups is 1. The van der Waals surface area contributed by atoms with Crippen LogP contribution in [-0.2, 0) is 10.2 Å². The molecule has 0 aliphatic carbocycles. The zero-order valence-corrected chi connectivity index (χ0v) is 13.2. The standard InChI is InChI=1S/C15H15N3O3S/c1-15(2,3)11-8-12(18-21-11)16-14-17-13(19)10(22-14)7-9-5-4-6-20-9/h4-8H,1-3H3,(H,16,17,18,19)/b10-7+. The molecule has 0 unspecified atom stereocenters. The first-order valence-corrected chi connectivity index (χ1v) is 7.54. The number of amides is 1. The Kier molecular flexibility index (Phi) is 3.66. The van der Waals surface area contributed by atoms with E-state index in [1.54, 1.807) is 30.5 Å². The van der Waals surface area contributed by atoms with Gasteiger partial charge in [-0.3, -0.25) is 4.79 Å². The van der Waals surface area contributed by atoms with Crippen LogP contribution in [0.2, 0.25) is 0 Å². The van der Waals surface area contributed by atoms with Gasteiger partial charge >= 0.3 is 0 Å². The minimum atomic E-state index is -0.209. The molecule has 0 saturated carbocycles. The van der Waals surface area contributed by atoms with Crippen LogP contribution in [0.3, 0.4) is 0 Å². The molecule has 3 rings (SSSR count). The molecule has 2 aromatic heterocycles. The second kappa shape index (κ2) is 5.49. The van der Waals surface area contributed by atoms with Crippen molar-refractivity contribution in [3.63, 3.8) is 0 Å². The van der Waals surface area contributed by atoms with Crippen LogP contribution in [0.5, 0.6) is 0 Å². The Morgan fingerprint density at radius 3 is 2.86 bits per heavy atom. The van der Waals surface area contributed by atoms with E-state index in [2.05, 4.69) is 15.5 Å². The average Bonchev–Trinajstić information content (AvgIpc) is 3.12. The summed E-state index contributed by atoms with van der Waals surface area (Å²) in [4.78, 5) is 16.7. The highest BCUT2D eigenvalue weighted by molar-refractivity contribution is 8.18. The van der Waals surface area contributed by atoms with Crippen molar-refractivity contribution >= 4 is 34.7 Å². The summed E-state index contributed by atoms with van der Waals surface area (Å²) in [7, 11) is 0. The highest BCUT2D eigenvalue weighted by Gasteiger charge is 2.25. The van der Waals surface area contributed by atoms with Crippen LogP contribution in [0.4, 0.5) is 5.82 Å². The minimum Gasteiger partial charge on any atom is -0.465 e. The quantitative estimate of drug-likeness (QED) is 0.858. The van der Waals surface area contributed by atoms with Crippen LogP contribution in [0, 0.1) is 0 Å². The van der Waals surface area contributed by atoms with E-state index in [9.17, 15) is 4.79 Å². The van der Waals surface area contributed by atoms with Gasteiger partial charge in [-0.05, 0) is 23.9 Å². The van der Waals surface area contributed by atoms with Gasteiger partial charge in [-0.1, -0.05) is 25.9 Å². The molecule has 6 nitrogen and oxygen atoms in total. The molecule has 0 atom stereocenters. The van der Waals surface area contributed by atoms with Gasteiger partial charge in [0.25, 0.3) is 5.91 Å². The van der Waals surface area contributed by atoms with Crippen LogP contribution in [0.25, 0.3) is 6.08 Å². The third kappa shape index (κ3) is 3.14. The maximum atomic E-state index is 11.9. The molecule has 0 spiro atoms. The summed E-state index contributed by atoms with van der Waals surface area (Å²) in [5.74, 6) is 1.59. The van der Waals surface area contributed by atoms with Gasteiger partial charge in [-0.2, -0.15) is 0 Å². The molecule has 1 amide bonds. The molecule has 1 fully saturated rings. The van der Waals surface area contributed by atoms with Gasteiger partial charge in [0.2, 0.25) is 0 Å². The predicted molar refractivity (Wildman–Crippen MR) is 84.7 cm³/mol. The molecule has 3 heterocycles. The summed E-state index contributed by atoms with van der Waals surface area (Å²) in [5, 5.41) is 7.07. The van der Waals surface area contributed by atoms with E-state index in [-0.39, 0.29) is 11.3 Å². The van der Waals surface area contributed by atoms with Crippen LogP contribution >= 0.6 is 11.8 Å². The second-order valence-corrected chi connectivity index (χ2v) is 6.83. The maximum Gasteiger partial charge on any atom is 0.264 e. The van der Waals surface area contributed by atoms with E-state index in [1.807, 2.05) is 20.8 Å². The highest BCUT2D eigenvalue weighted by Crippen LogP contribution is 2.29. The molecule has 2 aromatic rings. The van der Waals surface area contributed by atoms with E-state index < -0.39 is 0 Å². The Morgan fingerprint density at radius 1 is 1.41 bits per heavy atom. The zero-order chi connectivity index (χ0) is 15.7. The first-order valence-electron chi connectivity index (χ1n) is 6.72. The largest absolute Gasteiger partial charge is 0.465 e. The minimum absolute atomic E-state index is 0.137. The number of carbonyl (C=O) groups excluding carboxylic acids is 1. The van der Waals surface area contributed by atoms with Crippen molar-refractivity contribution in [3.8, 4) is 0 Å². The van der Waals surface area contributed by atoms with Crippen LogP contribution in [0.1, 0.15) is 32.3 Å². The van der Waals surface area contributed by atoms with Crippen molar-refractivity contribution in [1.29, 1.82) is 0 Å². The van der Waals surface area contributed by atoms with Gasteiger partial charge in [0.1, 0.15) is 11.5 Å². The number of thioether (sulfide) groups is 1. The number of aromatic nitrogens is 1. The van der Waals surface area contributed by atoms with Crippen molar-refractivity contribution in [1.82, 2.24) is 10.5 Å². The molecule has 0 bridgehead atoms. The molecule has 1 aliphatic heterocycles. The smallest absolute Gasteiger partial charge is 0.264 e. The zero-order valence-electron chi connectivity index (χ0n) is 12.4. The molecule has 0 radical (unpaired) electrons. The van der Waals surface area contributed by atoms with E-state index in [4.69, 9.17) is 8.94 Å². The first-order chi connectivity index (χ1) is 10.4. The second-order valence-electron chi connectivity index (χ2n) is 5.80. The fourth-order valence-corrected chi connectivity index (χ4v) is 2.57. The molecule has 7 heteroatoms. The van der Waals surface area contributed by atoms with Gasteiger partial charge in [0.05, 0.1) is 11.2 Å². The molecule has 1 N–H and O–H groups in total. The highest BCUT2D eigenvalue weighted by atomic mass is 32.2. The lowest BCUT2D eigenvalue weighted by Gasteiger charge is -2.11. The summed E-state index contributed by atoms with van der Waals surface area (Å²) < 4.78 is 10.5. The predicted octanol–water partition coefficient (Wildman–Crippen LogP) is 3.46. The number of nitrogens with one attached hydrogen (secondary N) is 1. The van der Waals surface area contributed by atoms with Crippen molar-refractivity contribution < 1.29 is 13.7 Å². The van der Waals surface area contributed by atoms with E-state index in [0.29, 0.717) is 21.7 Å². The molecule has 114 valence electrons. The summed E-state index contributed by atoms with van der Waals surface area (Å²) in [6.07, 6.45) is 3.23. The number of furan rings is 1. The van der Waals surface area contributed by atoms with Crippen molar-refractivity contribution in [2.24, 2.45) is 4.99 Å². The topological polar surface area (TPSA) is 80.6 Å². The van der Waals surface area contributed by atoms with Crippen molar-refractivity contribution in [2.75, 3.05) is 0 Å². The number of aliphatic imine (C=N–C) groups is 1. The Hall–Kier alpha value is -2.28. The van der Waals surface area contributed by atoms with Gasteiger partial charge < -0.3 is 14.3 Å². The van der Waals surface area contributed by atoms with E-state index >= 15 is 0 Å². The summed E-state index contributed by atoms with van der Waals surface area (Å²) in [6.45, 7) is 6.09. The van der Waals surface area contributed by atoms with Gasteiger partial charge in [-0.15, -0.1) is 0 Å². The van der Waals surface area contributed by atoms with Crippen molar-refractivity contribution in [3.05, 3.63) is 40.9 Å². The molecule has 0 aromatic carbocycles. The molecule has 1 saturated heterocycles. The Labute approximate surface area is 131 Å². The number of hydrogen-bond acceptors (Lipinski definition) is 6. The normalized spacial score (nSPS) is 19.1. The molecule has 22 heavy (non-hydrogen) atoms. The Morgan fingerprint density at radius 2 is 2.23 bits per heavy atom. The van der Waals surface area contributed by atoms with Crippen LogP contribution < -0.4 is 5.32 Å².